The fraction of sp³-hybridized carbons (Fsp3) is 0.176. The molecule has 130 valence electrons. The monoisotopic (exact) mass is 346 g/mol. The lowest BCUT2D eigenvalue weighted by Crippen LogP contribution is -2.35. The normalized spacial score (nSPS) is 11.5. The summed E-state index contributed by atoms with van der Waals surface area (Å²) in [6.45, 7) is 1.51. The molecule has 0 aliphatic heterocycles. The molecule has 0 aliphatic rings. The van der Waals surface area contributed by atoms with Crippen LogP contribution in [0.5, 0.6) is 0 Å². The second kappa shape index (κ2) is 7.52. The number of rotatable bonds is 5. The van der Waals surface area contributed by atoms with E-state index in [0.29, 0.717) is 5.56 Å². The molecule has 2 rings (SSSR count). The maximum atomic E-state index is 13.4. The van der Waals surface area contributed by atoms with E-state index < -0.39 is 28.7 Å². The number of ether oxygens (including phenoxy) is 1. The van der Waals surface area contributed by atoms with Crippen LogP contribution in [-0.4, -0.2) is 23.9 Å². The highest BCUT2D eigenvalue weighted by Gasteiger charge is 2.27. The van der Waals surface area contributed by atoms with Crippen LogP contribution in [0.3, 0.4) is 0 Å². The van der Waals surface area contributed by atoms with Gasteiger partial charge in [-0.25, -0.2) is 9.18 Å². The Bertz CT molecular complexity index is 838. The lowest BCUT2D eigenvalue weighted by atomic mass is 10.0. The molecule has 7 nitrogen and oxygen atoms in total. The minimum Gasteiger partial charge on any atom is -0.467 e. The summed E-state index contributed by atoms with van der Waals surface area (Å²) >= 11 is 0. The highest BCUT2D eigenvalue weighted by atomic mass is 19.1. The molecule has 0 unspecified atom stereocenters. The maximum Gasteiger partial charge on any atom is 0.333 e. The van der Waals surface area contributed by atoms with Gasteiger partial charge in [0.2, 0.25) is 0 Å². The molecule has 0 aromatic heterocycles. The van der Waals surface area contributed by atoms with Crippen molar-refractivity contribution in [2.45, 2.75) is 13.0 Å². The molecule has 0 bridgehead atoms. The van der Waals surface area contributed by atoms with Crippen LogP contribution in [0.4, 0.5) is 10.1 Å². The number of aryl methyl sites for hydroxylation is 1. The number of hydrogen-bond donors (Lipinski definition) is 1. The number of methoxy groups -OCH3 is 1. The van der Waals surface area contributed by atoms with Crippen LogP contribution in [0.25, 0.3) is 0 Å². The third-order valence-electron chi connectivity index (χ3n) is 3.57. The standard InChI is InChI=1S/C17H15FN2O5/c1-10-9-11(7-8-13(10)18)15(17(22)25-2)19-16(21)12-5-3-4-6-14(12)20(23)24/h3-9,15H,1-2H3,(H,19,21)/t15-/m0/s1. The van der Waals surface area contributed by atoms with Gasteiger partial charge in [-0.2, -0.15) is 0 Å². The lowest BCUT2D eigenvalue weighted by molar-refractivity contribution is -0.385. The first kappa shape index (κ1) is 18.1. The Kier molecular flexibility index (Phi) is 5.43. The number of nitrogens with zero attached hydrogens (tertiary/aromatic N) is 1. The van der Waals surface area contributed by atoms with Gasteiger partial charge < -0.3 is 10.1 Å². The Morgan fingerprint density at radius 2 is 1.92 bits per heavy atom. The fourth-order valence-corrected chi connectivity index (χ4v) is 2.28. The van der Waals surface area contributed by atoms with Crippen molar-refractivity contribution in [1.29, 1.82) is 0 Å². The first-order valence-electron chi connectivity index (χ1n) is 7.23. The first-order valence-corrected chi connectivity index (χ1v) is 7.23. The molecule has 8 heteroatoms. The number of carbonyl (C=O) groups is 2. The molecule has 2 aromatic carbocycles. The number of nitro groups is 1. The lowest BCUT2D eigenvalue weighted by Gasteiger charge is -2.17. The highest BCUT2D eigenvalue weighted by Crippen LogP contribution is 2.22. The van der Waals surface area contributed by atoms with Gasteiger partial charge in [-0.1, -0.05) is 24.3 Å². The fourth-order valence-electron chi connectivity index (χ4n) is 2.28. The molecule has 0 radical (unpaired) electrons. The van der Waals surface area contributed by atoms with E-state index in [1.165, 1.54) is 43.3 Å². The molecule has 25 heavy (non-hydrogen) atoms. The van der Waals surface area contributed by atoms with Crippen molar-refractivity contribution in [3.05, 3.63) is 75.1 Å². The summed E-state index contributed by atoms with van der Waals surface area (Å²) in [7, 11) is 1.14. The minimum absolute atomic E-state index is 0.194. The maximum absolute atomic E-state index is 13.4. The zero-order chi connectivity index (χ0) is 18.6. The summed E-state index contributed by atoms with van der Waals surface area (Å²) in [5.41, 5.74) is 0.00293. The van der Waals surface area contributed by atoms with Crippen LogP contribution >= 0.6 is 0 Å². The third kappa shape index (κ3) is 3.97. The molecule has 2 aromatic rings. The van der Waals surface area contributed by atoms with Crippen LogP contribution in [0.1, 0.15) is 27.5 Å². The number of benzene rings is 2. The summed E-state index contributed by atoms with van der Waals surface area (Å²) in [5.74, 6) is -2.06. The van der Waals surface area contributed by atoms with Crippen molar-refractivity contribution in [1.82, 2.24) is 5.32 Å². The quantitative estimate of drug-likeness (QED) is 0.510. The second-order valence-electron chi connectivity index (χ2n) is 5.21. The van der Waals surface area contributed by atoms with E-state index in [1.807, 2.05) is 0 Å². The largest absolute Gasteiger partial charge is 0.467 e. The van der Waals surface area contributed by atoms with Crippen molar-refractivity contribution in [2.24, 2.45) is 0 Å². The molecule has 1 atom stereocenters. The number of nitrogens with one attached hydrogen (secondary N) is 1. The number of carbonyl (C=O) groups excluding carboxylic acids is 2. The van der Waals surface area contributed by atoms with Gasteiger partial charge in [0.05, 0.1) is 12.0 Å². The first-order chi connectivity index (χ1) is 11.8. The van der Waals surface area contributed by atoms with Gasteiger partial charge in [0.15, 0.2) is 6.04 Å². The van der Waals surface area contributed by atoms with Crippen LogP contribution in [0, 0.1) is 22.9 Å². The Hall–Kier alpha value is -3.29. The average Bonchev–Trinajstić information content (AvgIpc) is 2.61. The minimum atomic E-state index is -1.23. The van der Waals surface area contributed by atoms with Crippen LogP contribution in [0.15, 0.2) is 42.5 Å². The molecule has 0 heterocycles. The molecule has 0 aliphatic carbocycles. The van der Waals surface area contributed by atoms with Gasteiger partial charge in [0.1, 0.15) is 11.4 Å². The Balaban J connectivity index is 2.38. The Morgan fingerprint density at radius 3 is 2.52 bits per heavy atom. The predicted octanol–water partition coefficient (Wildman–Crippen LogP) is 2.69. The molecule has 0 spiro atoms. The zero-order valence-electron chi connectivity index (χ0n) is 13.5. The van der Waals surface area contributed by atoms with Gasteiger partial charge in [-0.15, -0.1) is 0 Å². The number of hydrogen-bond acceptors (Lipinski definition) is 5. The third-order valence-corrected chi connectivity index (χ3v) is 3.57. The summed E-state index contributed by atoms with van der Waals surface area (Å²) in [5, 5.41) is 13.4. The van der Waals surface area contributed by atoms with Gasteiger partial charge in [-0.05, 0) is 30.2 Å². The SMILES string of the molecule is COC(=O)[C@@H](NC(=O)c1ccccc1[N+](=O)[O-])c1ccc(F)c(C)c1. The Morgan fingerprint density at radius 1 is 1.24 bits per heavy atom. The summed E-state index contributed by atoms with van der Waals surface area (Å²) in [6, 6.07) is 8.03. The summed E-state index contributed by atoms with van der Waals surface area (Å²) in [6.07, 6.45) is 0. The van der Waals surface area contributed by atoms with Crippen molar-refractivity contribution in [2.75, 3.05) is 7.11 Å². The smallest absolute Gasteiger partial charge is 0.333 e. The molecule has 0 saturated heterocycles. The van der Waals surface area contributed by atoms with Crippen LogP contribution < -0.4 is 5.32 Å². The Labute approximate surface area is 142 Å². The van der Waals surface area contributed by atoms with Gasteiger partial charge in [0, 0.05) is 6.07 Å². The molecule has 0 fully saturated rings. The van der Waals surface area contributed by atoms with E-state index >= 15 is 0 Å². The van der Waals surface area contributed by atoms with E-state index in [0.717, 1.165) is 13.2 Å². The van der Waals surface area contributed by atoms with Gasteiger partial charge in [-0.3, -0.25) is 14.9 Å². The van der Waals surface area contributed by atoms with E-state index in [4.69, 9.17) is 0 Å². The number of nitro benzene ring substituents is 1. The number of amides is 1. The van der Waals surface area contributed by atoms with Crippen molar-refractivity contribution < 1.29 is 23.6 Å². The van der Waals surface area contributed by atoms with Crippen LogP contribution in [-0.2, 0) is 9.53 Å². The van der Waals surface area contributed by atoms with Crippen molar-refractivity contribution in [3.8, 4) is 0 Å². The topological polar surface area (TPSA) is 98.5 Å². The average molecular weight is 346 g/mol. The number of para-hydroxylation sites is 1. The number of halogens is 1. The number of esters is 1. The van der Waals surface area contributed by atoms with E-state index in [1.54, 1.807) is 0 Å². The van der Waals surface area contributed by atoms with Crippen molar-refractivity contribution in [3.63, 3.8) is 0 Å². The second-order valence-corrected chi connectivity index (χ2v) is 5.21. The molecular formula is C17H15FN2O5. The summed E-state index contributed by atoms with van der Waals surface area (Å²) in [4.78, 5) is 34.8. The molecular weight excluding hydrogens is 331 g/mol. The van der Waals surface area contributed by atoms with E-state index in [2.05, 4.69) is 10.1 Å². The molecule has 1 amide bonds. The van der Waals surface area contributed by atoms with Gasteiger partial charge >= 0.3 is 5.97 Å². The predicted molar refractivity (Wildman–Crippen MR) is 86.5 cm³/mol. The van der Waals surface area contributed by atoms with Crippen LogP contribution in [0.2, 0.25) is 0 Å². The molecule has 0 saturated carbocycles. The van der Waals surface area contributed by atoms with Crippen molar-refractivity contribution >= 4 is 17.6 Å². The molecule has 1 N–H and O–H groups in total. The summed E-state index contributed by atoms with van der Waals surface area (Å²) < 4.78 is 18.1. The zero-order valence-corrected chi connectivity index (χ0v) is 13.5. The highest BCUT2D eigenvalue weighted by molar-refractivity contribution is 6.00. The van der Waals surface area contributed by atoms with E-state index in [9.17, 15) is 24.1 Å². The van der Waals surface area contributed by atoms with Gasteiger partial charge in [0.25, 0.3) is 11.6 Å². The van der Waals surface area contributed by atoms with E-state index in [-0.39, 0.29) is 16.8 Å².